The lowest BCUT2D eigenvalue weighted by Crippen LogP contribution is -2.27. The fraction of sp³-hybridized carbons (Fsp3) is 0.125. The molecule has 0 aliphatic heterocycles. The number of nitrogens with two attached hydrogens (primary N) is 1. The highest BCUT2D eigenvalue weighted by Crippen LogP contribution is 2.36. The number of carbonyl (C=O) groups is 1. The number of aromatic nitrogens is 1. The van der Waals surface area contributed by atoms with E-state index in [4.69, 9.17) is 5.73 Å². The number of rotatable bonds is 6. The summed E-state index contributed by atoms with van der Waals surface area (Å²) < 4.78 is 41.9. The Morgan fingerprint density at radius 2 is 1.79 bits per heavy atom. The van der Waals surface area contributed by atoms with E-state index in [1.807, 2.05) is 0 Å². The number of nitrogens with one attached hydrogen (secondary N) is 1. The molecule has 0 spiro atoms. The number of anilines is 2. The van der Waals surface area contributed by atoms with Crippen LogP contribution in [0.1, 0.15) is 0 Å². The van der Waals surface area contributed by atoms with Gasteiger partial charge in [0.25, 0.3) is 10.0 Å². The Bertz CT molecular complexity index is 1450. The molecule has 0 aliphatic rings. The first-order valence-corrected chi connectivity index (χ1v) is 11.6. The average molecular weight is 467 g/mol. The highest BCUT2D eigenvalue weighted by molar-refractivity contribution is 7.90. The van der Waals surface area contributed by atoms with E-state index in [1.54, 1.807) is 55.4 Å². The predicted octanol–water partition coefficient (Wildman–Crippen LogP) is 3.77. The zero-order chi connectivity index (χ0) is 23.8. The number of nitrogen functional groups attached to an aromatic ring is 1. The van der Waals surface area contributed by atoms with Crippen molar-refractivity contribution >= 4 is 38.2 Å². The summed E-state index contributed by atoms with van der Waals surface area (Å²) in [4.78, 5) is 14.0. The normalized spacial score (nSPS) is 11.8. The lowest BCUT2D eigenvalue weighted by molar-refractivity contribution is -0.116. The molecule has 1 heterocycles. The average Bonchev–Trinajstić information content (AvgIpc) is 3.15. The van der Waals surface area contributed by atoms with Gasteiger partial charge in [-0.1, -0.05) is 24.3 Å². The first-order valence-electron chi connectivity index (χ1n) is 10.1. The van der Waals surface area contributed by atoms with Crippen molar-refractivity contribution in [3.8, 4) is 11.1 Å². The molecule has 0 saturated carbocycles. The molecule has 4 aromatic rings. The molecule has 3 aromatic carbocycles. The van der Waals surface area contributed by atoms with E-state index in [0.717, 1.165) is 3.97 Å². The molecule has 9 heteroatoms. The quantitative estimate of drug-likeness (QED) is 0.422. The Kier molecular flexibility index (Phi) is 5.92. The standard InChI is InChI=1S/C24H23FN4O3S/c1-28(2)15-24(30)27-22-12-16(8-11-21(22)26)20-14-29(23-13-17(25)9-10-19(20)23)33(31,32)18-6-4-3-5-7-18/h3-14H,15,26H2,1-2H3,(H,27,30). The highest BCUT2D eigenvalue weighted by atomic mass is 32.2. The smallest absolute Gasteiger partial charge is 0.268 e. The van der Waals surface area contributed by atoms with Crippen molar-refractivity contribution in [2.45, 2.75) is 4.90 Å². The maximum atomic E-state index is 14.1. The number of benzene rings is 3. The van der Waals surface area contributed by atoms with Crippen molar-refractivity contribution < 1.29 is 17.6 Å². The van der Waals surface area contributed by atoms with Crippen LogP contribution in [0.15, 0.2) is 77.8 Å². The van der Waals surface area contributed by atoms with Gasteiger partial charge in [-0.15, -0.1) is 0 Å². The van der Waals surface area contributed by atoms with Gasteiger partial charge in [-0.05, 0) is 62.1 Å². The number of halogens is 1. The van der Waals surface area contributed by atoms with Crippen LogP contribution in [0.3, 0.4) is 0 Å². The SMILES string of the molecule is CN(C)CC(=O)Nc1cc(-c2cn(S(=O)(=O)c3ccccc3)c3cc(F)ccc23)ccc1N. The van der Waals surface area contributed by atoms with Crippen LogP contribution in [0.4, 0.5) is 15.8 Å². The van der Waals surface area contributed by atoms with Crippen molar-refractivity contribution in [3.63, 3.8) is 0 Å². The first-order chi connectivity index (χ1) is 15.7. The summed E-state index contributed by atoms with van der Waals surface area (Å²) in [5.41, 5.74) is 8.24. The minimum Gasteiger partial charge on any atom is -0.397 e. The van der Waals surface area contributed by atoms with Crippen LogP contribution in [-0.2, 0) is 14.8 Å². The fourth-order valence-corrected chi connectivity index (χ4v) is 5.00. The Hall–Kier alpha value is -3.69. The molecule has 0 atom stereocenters. The van der Waals surface area contributed by atoms with E-state index in [0.29, 0.717) is 27.9 Å². The largest absolute Gasteiger partial charge is 0.397 e. The number of likely N-dealkylation sites (N-methyl/N-ethyl adjacent to an activating group) is 1. The third kappa shape index (κ3) is 4.46. The first kappa shape index (κ1) is 22.5. The maximum absolute atomic E-state index is 14.1. The lowest BCUT2D eigenvalue weighted by Gasteiger charge is -2.13. The number of nitrogens with zero attached hydrogens (tertiary/aromatic N) is 2. The number of hydrogen-bond acceptors (Lipinski definition) is 5. The zero-order valence-electron chi connectivity index (χ0n) is 18.1. The number of hydrogen-bond donors (Lipinski definition) is 2. The molecule has 0 radical (unpaired) electrons. The Balaban J connectivity index is 1.86. The van der Waals surface area contributed by atoms with Gasteiger partial charge < -0.3 is 16.0 Å². The van der Waals surface area contributed by atoms with Crippen molar-refractivity contribution in [2.24, 2.45) is 0 Å². The third-order valence-electron chi connectivity index (χ3n) is 5.13. The zero-order valence-corrected chi connectivity index (χ0v) is 18.9. The minimum absolute atomic E-state index is 0.0895. The van der Waals surface area contributed by atoms with E-state index >= 15 is 0 Å². The van der Waals surface area contributed by atoms with Crippen molar-refractivity contribution in [3.05, 3.63) is 78.7 Å². The monoisotopic (exact) mass is 466 g/mol. The van der Waals surface area contributed by atoms with E-state index in [9.17, 15) is 17.6 Å². The van der Waals surface area contributed by atoms with Crippen LogP contribution in [0.5, 0.6) is 0 Å². The van der Waals surface area contributed by atoms with Crippen LogP contribution < -0.4 is 11.1 Å². The highest BCUT2D eigenvalue weighted by Gasteiger charge is 2.22. The Labute approximate surface area is 191 Å². The van der Waals surface area contributed by atoms with Crippen LogP contribution in [0, 0.1) is 5.82 Å². The Morgan fingerprint density at radius 1 is 1.06 bits per heavy atom. The molecule has 1 amide bonds. The minimum atomic E-state index is -3.97. The molecule has 0 saturated heterocycles. The summed E-state index contributed by atoms with van der Waals surface area (Å²) in [5.74, 6) is -0.786. The number of carbonyl (C=O) groups excluding carboxylic acids is 1. The van der Waals surface area contributed by atoms with Gasteiger partial charge in [0.1, 0.15) is 5.82 Å². The molecule has 0 fully saturated rings. The van der Waals surface area contributed by atoms with Crippen LogP contribution in [-0.4, -0.2) is 43.8 Å². The molecule has 0 bridgehead atoms. The molecular formula is C24H23FN4O3S. The molecule has 1 aromatic heterocycles. The van der Waals surface area contributed by atoms with Gasteiger partial charge in [0.2, 0.25) is 5.91 Å². The second-order valence-corrected chi connectivity index (χ2v) is 9.72. The van der Waals surface area contributed by atoms with Gasteiger partial charge >= 0.3 is 0 Å². The van der Waals surface area contributed by atoms with E-state index in [2.05, 4.69) is 5.32 Å². The number of fused-ring (bicyclic) bond motifs is 1. The molecule has 33 heavy (non-hydrogen) atoms. The summed E-state index contributed by atoms with van der Waals surface area (Å²) in [5, 5.41) is 3.33. The van der Waals surface area contributed by atoms with Gasteiger partial charge in [-0.3, -0.25) is 4.79 Å². The second-order valence-electron chi connectivity index (χ2n) is 7.91. The van der Waals surface area contributed by atoms with E-state index in [1.165, 1.54) is 36.5 Å². The van der Waals surface area contributed by atoms with Crippen molar-refractivity contribution in [1.82, 2.24) is 8.87 Å². The van der Waals surface area contributed by atoms with E-state index < -0.39 is 15.8 Å². The second kappa shape index (κ2) is 8.68. The van der Waals surface area contributed by atoms with Gasteiger partial charge in [0.05, 0.1) is 28.3 Å². The van der Waals surface area contributed by atoms with Gasteiger partial charge in [-0.2, -0.15) is 0 Å². The molecule has 0 aliphatic carbocycles. The third-order valence-corrected chi connectivity index (χ3v) is 6.82. The molecular weight excluding hydrogens is 443 g/mol. The molecule has 3 N–H and O–H groups in total. The van der Waals surface area contributed by atoms with Gasteiger partial charge in [-0.25, -0.2) is 16.8 Å². The van der Waals surface area contributed by atoms with Crippen molar-refractivity contribution in [1.29, 1.82) is 0 Å². The Morgan fingerprint density at radius 3 is 2.48 bits per heavy atom. The summed E-state index contributed by atoms with van der Waals surface area (Å²) >= 11 is 0. The van der Waals surface area contributed by atoms with Crippen LogP contribution >= 0.6 is 0 Å². The number of amides is 1. The summed E-state index contributed by atoms with van der Waals surface area (Å²) in [6, 6.07) is 17.0. The lowest BCUT2D eigenvalue weighted by atomic mass is 10.0. The predicted molar refractivity (Wildman–Crippen MR) is 128 cm³/mol. The molecule has 0 unspecified atom stereocenters. The molecule has 4 rings (SSSR count). The summed E-state index contributed by atoms with van der Waals surface area (Å²) in [6.07, 6.45) is 1.46. The molecule has 7 nitrogen and oxygen atoms in total. The van der Waals surface area contributed by atoms with Gasteiger partial charge in [0, 0.05) is 17.1 Å². The summed E-state index contributed by atoms with van der Waals surface area (Å²) in [7, 11) is -0.414. The topological polar surface area (TPSA) is 97.4 Å². The van der Waals surface area contributed by atoms with Crippen LogP contribution in [0.25, 0.3) is 22.0 Å². The van der Waals surface area contributed by atoms with Gasteiger partial charge in [0.15, 0.2) is 0 Å². The maximum Gasteiger partial charge on any atom is 0.268 e. The van der Waals surface area contributed by atoms with Crippen molar-refractivity contribution in [2.75, 3.05) is 31.7 Å². The van der Waals surface area contributed by atoms with E-state index in [-0.39, 0.29) is 22.9 Å². The molecule has 170 valence electrons. The summed E-state index contributed by atoms with van der Waals surface area (Å²) in [6.45, 7) is 0.178. The van der Waals surface area contributed by atoms with Crippen LogP contribution in [0.2, 0.25) is 0 Å². The fourth-order valence-electron chi connectivity index (χ4n) is 3.62.